The Kier molecular flexibility index (Phi) is 5.76. The highest BCUT2D eigenvalue weighted by molar-refractivity contribution is 8.18. The number of nitrogens with zero attached hydrogens (tertiary/aromatic N) is 2. The van der Waals surface area contributed by atoms with Crippen LogP contribution < -0.4 is 0 Å². The van der Waals surface area contributed by atoms with E-state index in [1.54, 1.807) is 15.9 Å². The van der Waals surface area contributed by atoms with E-state index in [2.05, 4.69) is 6.58 Å². The summed E-state index contributed by atoms with van der Waals surface area (Å²) in [7, 11) is 0. The topological polar surface area (TPSA) is 64.5 Å². The first-order valence-electron chi connectivity index (χ1n) is 8.81. The van der Waals surface area contributed by atoms with Crippen LogP contribution in [0.2, 0.25) is 0 Å². The molecule has 0 radical (unpaired) electrons. The Morgan fingerprint density at radius 3 is 2.19 bits per heavy atom. The van der Waals surface area contributed by atoms with Gasteiger partial charge in [-0.25, -0.2) is 4.39 Å². The number of likely N-dealkylation sites (tertiary alicyclic amines) is 2. The minimum Gasteiger partial charge on any atom is -0.339 e. The Morgan fingerprint density at radius 2 is 1.62 bits per heavy atom. The third kappa shape index (κ3) is 3.98. The lowest BCUT2D eigenvalue weighted by molar-refractivity contribution is -0.125. The number of amides is 2. The molecule has 2 aliphatic rings. The molecular weight excluding hydrogens is 353 g/mol. The number of rotatable bonds is 4. The molecule has 7 heteroatoms. The maximum Gasteiger partial charge on any atom is 0.260 e. The van der Waals surface area contributed by atoms with Gasteiger partial charge in [-0.1, -0.05) is 24.4 Å². The van der Waals surface area contributed by atoms with E-state index < -0.39 is 5.82 Å². The number of nitrogens with one attached hydrogen (secondary N) is 1. The number of thioether (sulfide) groups is 1. The van der Waals surface area contributed by atoms with Gasteiger partial charge in [0.25, 0.3) is 11.8 Å². The molecular formula is C19H22FN3O2S. The molecule has 2 fully saturated rings. The number of carbonyl (C=O) groups is 2. The molecule has 26 heavy (non-hydrogen) atoms. The van der Waals surface area contributed by atoms with Crippen LogP contribution in [-0.4, -0.2) is 52.8 Å². The van der Waals surface area contributed by atoms with Crippen molar-refractivity contribution >= 4 is 28.6 Å². The zero-order valence-corrected chi connectivity index (χ0v) is 15.4. The quantitative estimate of drug-likeness (QED) is 0.499. The predicted octanol–water partition coefficient (Wildman–Crippen LogP) is 3.26. The Hall–Kier alpha value is -2.15. The molecule has 0 unspecified atom stereocenters. The minimum absolute atomic E-state index is 0.0282. The molecule has 0 bridgehead atoms. The zero-order valence-electron chi connectivity index (χ0n) is 14.6. The molecule has 138 valence electrons. The van der Waals surface area contributed by atoms with Crippen LogP contribution in [0.15, 0.2) is 29.7 Å². The van der Waals surface area contributed by atoms with Crippen molar-refractivity contribution in [3.8, 4) is 0 Å². The van der Waals surface area contributed by atoms with Crippen molar-refractivity contribution < 1.29 is 14.0 Å². The van der Waals surface area contributed by atoms with Crippen LogP contribution in [0.3, 0.4) is 0 Å². The highest BCUT2D eigenvalue weighted by Crippen LogP contribution is 2.25. The molecule has 0 saturated carbocycles. The first kappa shape index (κ1) is 18.6. The van der Waals surface area contributed by atoms with E-state index >= 15 is 0 Å². The molecule has 1 N–H and O–H groups in total. The second-order valence-corrected chi connectivity index (χ2v) is 7.65. The van der Waals surface area contributed by atoms with E-state index in [0.717, 1.165) is 37.4 Å². The van der Waals surface area contributed by atoms with Gasteiger partial charge in [-0.2, -0.15) is 0 Å². The first-order chi connectivity index (χ1) is 12.5. The summed E-state index contributed by atoms with van der Waals surface area (Å²) in [5.74, 6) is -1.11. The van der Waals surface area contributed by atoms with Gasteiger partial charge in [-0.3, -0.25) is 15.0 Å². The number of carbonyl (C=O) groups excluding carboxylic acids is 2. The maximum absolute atomic E-state index is 14.4. The fourth-order valence-corrected chi connectivity index (χ4v) is 3.95. The Morgan fingerprint density at radius 1 is 1.04 bits per heavy atom. The fraction of sp³-hybridized carbons (Fsp3) is 0.421. The number of halogens is 1. The SMILES string of the molecule is C=C(SC(=N)c1ccc(C(=O)N2CCCC2)c(F)c1)C(=O)N1CCCC1. The number of benzene rings is 1. The molecule has 5 nitrogen and oxygen atoms in total. The summed E-state index contributed by atoms with van der Waals surface area (Å²) in [6, 6.07) is 4.16. The van der Waals surface area contributed by atoms with Gasteiger partial charge in [-0.05, 0) is 37.8 Å². The van der Waals surface area contributed by atoms with E-state index in [1.807, 2.05) is 0 Å². The maximum atomic E-state index is 14.4. The molecule has 1 aromatic rings. The summed E-state index contributed by atoms with van der Waals surface area (Å²) < 4.78 is 14.4. The molecule has 2 saturated heterocycles. The highest BCUT2D eigenvalue weighted by Gasteiger charge is 2.24. The molecule has 0 atom stereocenters. The summed E-state index contributed by atoms with van der Waals surface area (Å²) in [5, 5.41) is 8.18. The largest absolute Gasteiger partial charge is 0.339 e. The molecule has 2 amide bonds. The Labute approximate surface area is 156 Å². The van der Waals surface area contributed by atoms with Gasteiger partial charge in [0.2, 0.25) is 0 Å². The minimum atomic E-state index is -0.638. The van der Waals surface area contributed by atoms with Crippen LogP contribution in [-0.2, 0) is 4.79 Å². The Bertz CT molecular complexity index is 753. The third-order valence-electron chi connectivity index (χ3n) is 4.71. The van der Waals surface area contributed by atoms with Gasteiger partial charge in [0.15, 0.2) is 0 Å². The van der Waals surface area contributed by atoms with Gasteiger partial charge in [0.05, 0.1) is 15.5 Å². The lowest BCUT2D eigenvalue weighted by atomic mass is 10.1. The number of hydrogen-bond donors (Lipinski definition) is 1. The monoisotopic (exact) mass is 375 g/mol. The average Bonchev–Trinajstić information content (AvgIpc) is 3.33. The van der Waals surface area contributed by atoms with Crippen molar-refractivity contribution in [2.45, 2.75) is 25.7 Å². The van der Waals surface area contributed by atoms with Crippen molar-refractivity contribution in [3.05, 3.63) is 46.6 Å². The van der Waals surface area contributed by atoms with Crippen molar-refractivity contribution in [2.24, 2.45) is 0 Å². The van der Waals surface area contributed by atoms with Gasteiger partial charge in [0.1, 0.15) is 5.82 Å². The second kappa shape index (κ2) is 8.03. The molecule has 2 aliphatic heterocycles. The smallest absolute Gasteiger partial charge is 0.260 e. The normalized spacial score (nSPS) is 16.8. The summed E-state index contributed by atoms with van der Waals surface area (Å²) in [6.07, 6.45) is 3.86. The Balaban J connectivity index is 1.66. The summed E-state index contributed by atoms with van der Waals surface area (Å²) >= 11 is 0.932. The van der Waals surface area contributed by atoms with Gasteiger partial charge in [0, 0.05) is 31.7 Å². The van der Waals surface area contributed by atoms with Crippen LogP contribution in [0.1, 0.15) is 41.6 Å². The summed E-state index contributed by atoms with van der Waals surface area (Å²) in [6.45, 7) is 6.51. The zero-order chi connectivity index (χ0) is 18.7. The second-order valence-electron chi connectivity index (χ2n) is 6.55. The van der Waals surface area contributed by atoms with E-state index in [0.29, 0.717) is 31.7 Å². The molecule has 0 aromatic heterocycles. The van der Waals surface area contributed by atoms with Crippen molar-refractivity contribution in [1.82, 2.24) is 9.80 Å². The average molecular weight is 375 g/mol. The van der Waals surface area contributed by atoms with Crippen LogP contribution in [0.4, 0.5) is 4.39 Å². The lowest BCUT2D eigenvalue weighted by Crippen LogP contribution is -2.28. The highest BCUT2D eigenvalue weighted by atomic mass is 32.2. The predicted molar refractivity (Wildman–Crippen MR) is 101 cm³/mol. The van der Waals surface area contributed by atoms with Crippen LogP contribution in [0.5, 0.6) is 0 Å². The van der Waals surface area contributed by atoms with E-state index in [1.165, 1.54) is 12.1 Å². The number of hydrogen-bond acceptors (Lipinski definition) is 4. The van der Waals surface area contributed by atoms with Crippen molar-refractivity contribution in [1.29, 1.82) is 5.41 Å². The van der Waals surface area contributed by atoms with Crippen LogP contribution >= 0.6 is 11.8 Å². The summed E-state index contributed by atoms with van der Waals surface area (Å²) in [4.78, 5) is 28.2. The first-order valence-corrected chi connectivity index (χ1v) is 9.63. The molecule has 2 heterocycles. The molecule has 0 spiro atoms. The summed E-state index contributed by atoms with van der Waals surface area (Å²) in [5.41, 5.74) is 0.362. The molecule has 3 rings (SSSR count). The lowest BCUT2D eigenvalue weighted by Gasteiger charge is -2.17. The van der Waals surface area contributed by atoms with Crippen molar-refractivity contribution in [3.63, 3.8) is 0 Å². The fourth-order valence-electron chi connectivity index (χ4n) is 3.24. The van der Waals surface area contributed by atoms with Gasteiger partial charge in [-0.15, -0.1) is 0 Å². The van der Waals surface area contributed by atoms with Gasteiger partial charge < -0.3 is 9.80 Å². The molecule has 0 aliphatic carbocycles. The van der Waals surface area contributed by atoms with E-state index in [-0.39, 0.29) is 27.3 Å². The molecule has 1 aromatic carbocycles. The van der Waals surface area contributed by atoms with Crippen LogP contribution in [0, 0.1) is 11.2 Å². The van der Waals surface area contributed by atoms with Crippen molar-refractivity contribution in [2.75, 3.05) is 26.2 Å². The standard InChI is InChI=1S/C19H22FN3O2S/c1-13(18(24)22-8-2-3-9-22)26-17(21)14-6-7-15(16(20)12-14)19(25)23-10-4-5-11-23/h6-7,12,21H,1-5,8-11H2. The van der Waals surface area contributed by atoms with Crippen LogP contribution in [0.25, 0.3) is 0 Å². The van der Waals surface area contributed by atoms with E-state index in [4.69, 9.17) is 5.41 Å². The van der Waals surface area contributed by atoms with E-state index in [9.17, 15) is 14.0 Å². The van der Waals surface area contributed by atoms with Gasteiger partial charge >= 0.3 is 0 Å². The third-order valence-corrected chi connectivity index (χ3v) is 5.57.